The first-order valence-electron chi connectivity index (χ1n) is 7.20. The summed E-state index contributed by atoms with van der Waals surface area (Å²) < 4.78 is 11.2. The van der Waals surface area contributed by atoms with E-state index in [0.717, 1.165) is 22.3 Å². The molecule has 4 nitrogen and oxygen atoms in total. The molecule has 0 unspecified atom stereocenters. The van der Waals surface area contributed by atoms with Crippen molar-refractivity contribution in [3.63, 3.8) is 0 Å². The van der Waals surface area contributed by atoms with Gasteiger partial charge in [-0.3, -0.25) is 4.79 Å². The molecule has 112 valence electrons. The zero-order chi connectivity index (χ0) is 15.4. The molecule has 2 aromatic carbocycles. The molecule has 0 aliphatic carbocycles. The molecule has 0 fully saturated rings. The summed E-state index contributed by atoms with van der Waals surface area (Å²) in [5.41, 5.74) is 1.59. The van der Waals surface area contributed by atoms with Crippen molar-refractivity contribution in [1.82, 2.24) is 5.32 Å². The fourth-order valence-electron chi connectivity index (χ4n) is 2.32. The minimum absolute atomic E-state index is 0.217. The highest BCUT2D eigenvalue weighted by Crippen LogP contribution is 2.24. The van der Waals surface area contributed by atoms with Crippen molar-refractivity contribution < 1.29 is 13.9 Å². The lowest BCUT2D eigenvalue weighted by molar-refractivity contribution is 0.0920. The van der Waals surface area contributed by atoms with Crippen LogP contribution in [0, 0.1) is 6.92 Å². The number of rotatable bonds is 5. The summed E-state index contributed by atoms with van der Waals surface area (Å²) in [5, 5.41) is 3.78. The molecule has 1 aromatic heterocycles. The van der Waals surface area contributed by atoms with E-state index in [1.165, 1.54) is 0 Å². The summed E-state index contributed by atoms with van der Waals surface area (Å²) in [5.74, 6) is 0.933. The average Bonchev–Trinajstić information content (AvgIpc) is 2.90. The fourth-order valence-corrected chi connectivity index (χ4v) is 2.32. The molecule has 0 radical (unpaired) electrons. The van der Waals surface area contributed by atoms with Gasteiger partial charge >= 0.3 is 0 Å². The monoisotopic (exact) mass is 295 g/mol. The van der Waals surface area contributed by atoms with E-state index in [2.05, 4.69) is 5.32 Å². The van der Waals surface area contributed by atoms with Gasteiger partial charge in [-0.15, -0.1) is 0 Å². The summed E-state index contributed by atoms with van der Waals surface area (Å²) in [6.45, 7) is 2.72. The van der Waals surface area contributed by atoms with Gasteiger partial charge in [0, 0.05) is 10.9 Å². The Labute approximate surface area is 128 Å². The van der Waals surface area contributed by atoms with Crippen molar-refractivity contribution >= 4 is 16.9 Å². The van der Waals surface area contributed by atoms with E-state index in [1.54, 1.807) is 0 Å². The van der Waals surface area contributed by atoms with E-state index in [1.807, 2.05) is 61.5 Å². The summed E-state index contributed by atoms with van der Waals surface area (Å²) in [4.78, 5) is 12.2. The Balaban J connectivity index is 1.58. The first-order valence-corrected chi connectivity index (χ1v) is 7.20. The number of ether oxygens (including phenoxy) is 1. The second-order valence-electron chi connectivity index (χ2n) is 4.97. The Kier molecular flexibility index (Phi) is 4.10. The summed E-state index contributed by atoms with van der Waals surface area (Å²) in [6.07, 6.45) is 0. The van der Waals surface area contributed by atoms with Crippen LogP contribution in [-0.2, 0) is 0 Å². The van der Waals surface area contributed by atoms with Crippen molar-refractivity contribution in [2.24, 2.45) is 0 Å². The minimum Gasteiger partial charge on any atom is -0.492 e. The lowest BCUT2D eigenvalue weighted by Gasteiger charge is -2.06. The van der Waals surface area contributed by atoms with Crippen molar-refractivity contribution in [1.29, 1.82) is 0 Å². The third-order valence-electron chi connectivity index (χ3n) is 3.45. The predicted octanol–water partition coefficient (Wildman–Crippen LogP) is 3.55. The van der Waals surface area contributed by atoms with Gasteiger partial charge in [-0.1, -0.05) is 36.4 Å². The fraction of sp³-hybridized carbons (Fsp3) is 0.167. The number of carbonyl (C=O) groups is 1. The number of hydrogen-bond donors (Lipinski definition) is 1. The summed E-state index contributed by atoms with van der Waals surface area (Å²) in [6, 6.07) is 17.1. The van der Waals surface area contributed by atoms with Gasteiger partial charge in [-0.2, -0.15) is 0 Å². The van der Waals surface area contributed by atoms with E-state index >= 15 is 0 Å². The number of furan rings is 1. The van der Waals surface area contributed by atoms with Crippen LogP contribution in [0.2, 0.25) is 0 Å². The van der Waals surface area contributed by atoms with Crippen LogP contribution in [0.1, 0.15) is 16.1 Å². The minimum atomic E-state index is -0.217. The van der Waals surface area contributed by atoms with Crippen LogP contribution < -0.4 is 10.1 Å². The molecule has 3 aromatic rings. The van der Waals surface area contributed by atoms with Gasteiger partial charge in [0.25, 0.3) is 5.91 Å². The highest BCUT2D eigenvalue weighted by Gasteiger charge is 2.16. The Morgan fingerprint density at radius 2 is 1.82 bits per heavy atom. The molecule has 1 N–H and O–H groups in total. The van der Waals surface area contributed by atoms with Crippen LogP contribution in [0.5, 0.6) is 5.75 Å². The third kappa shape index (κ3) is 2.96. The summed E-state index contributed by atoms with van der Waals surface area (Å²) >= 11 is 0. The van der Waals surface area contributed by atoms with E-state index in [0.29, 0.717) is 18.9 Å². The van der Waals surface area contributed by atoms with Crippen LogP contribution in [0.4, 0.5) is 0 Å². The van der Waals surface area contributed by atoms with E-state index < -0.39 is 0 Å². The molecule has 1 heterocycles. The van der Waals surface area contributed by atoms with Crippen molar-refractivity contribution in [3.05, 3.63) is 65.9 Å². The Hall–Kier alpha value is -2.75. The van der Waals surface area contributed by atoms with Gasteiger partial charge in [0.05, 0.1) is 6.54 Å². The largest absolute Gasteiger partial charge is 0.492 e. The van der Waals surface area contributed by atoms with Gasteiger partial charge in [0.1, 0.15) is 17.9 Å². The first kappa shape index (κ1) is 14.2. The number of fused-ring (bicyclic) bond motifs is 1. The molecule has 0 bridgehead atoms. The molecule has 1 amide bonds. The zero-order valence-electron chi connectivity index (χ0n) is 12.3. The third-order valence-corrected chi connectivity index (χ3v) is 3.45. The van der Waals surface area contributed by atoms with Crippen LogP contribution in [0.15, 0.2) is 59.0 Å². The lowest BCUT2D eigenvalue weighted by Crippen LogP contribution is -2.28. The number of aryl methyl sites for hydroxylation is 1. The molecule has 0 saturated carbocycles. The predicted molar refractivity (Wildman–Crippen MR) is 85.2 cm³/mol. The molecular weight excluding hydrogens is 278 g/mol. The molecule has 0 aliphatic heterocycles. The Morgan fingerprint density at radius 3 is 2.59 bits per heavy atom. The highest BCUT2D eigenvalue weighted by atomic mass is 16.5. The van der Waals surface area contributed by atoms with Crippen LogP contribution in [0.25, 0.3) is 11.0 Å². The quantitative estimate of drug-likeness (QED) is 0.732. The molecule has 0 saturated heterocycles. The Bertz CT molecular complexity index is 777. The normalized spacial score (nSPS) is 10.6. The van der Waals surface area contributed by atoms with Crippen molar-refractivity contribution in [3.8, 4) is 5.75 Å². The highest BCUT2D eigenvalue weighted by molar-refractivity contribution is 5.98. The Morgan fingerprint density at radius 1 is 1.09 bits per heavy atom. The van der Waals surface area contributed by atoms with Gasteiger partial charge < -0.3 is 14.5 Å². The molecule has 4 heteroatoms. The molecular formula is C18H17NO3. The average molecular weight is 295 g/mol. The number of carbonyl (C=O) groups excluding carboxylic acids is 1. The van der Waals surface area contributed by atoms with Crippen LogP contribution in [0.3, 0.4) is 0 Å². The zero-order valence-corrected chi connectivity index (χ0v) is 12.3. The number of para-hydroxylation sites is 2. The van der Waals surface area contributed by atoms with Gasteiger partial charge in [0.15, 0.2) is 5.76 Å². The lowest BCUT2D eigenvalue weighted by atomic mass is 10.1. The topological polar surface area (TPSA) is 51.5 Å². The number of benzene rings is 2. The molecule has 0 atom stereocenters. The molecule has 0 aliphatic rings. The van der Waals surface area contributed by atoms with E-state index in [-0.39, 0.29) is 5.91 Å². The molecule has 3 rings (SSSR count). The maximum atomic E-state index is 12.2. The standard InChI is InChI=1S/C18H17NO3/c1-13-15-9-5-6-10-16(15)22-17(13)18(20)19-11-12-21-14-7-3-2-4-8-14/h2-10H,11-12H2,1H3,(H,19,20). The van der Waals surface area contributed by atoms with Gasteiger partial charge in [0.2, 0.25) is 0 Å². The molecule has 0 spiro atoms. The van der Waals surface area contributed by atoms with Gasteiger partial charge in [-0.05, 0) is 25.1 Å². The van der Waals surface area contributed by atoms with Crippen molar-refractivity contribution in [2.45, 2.75) is 6.92 Å². The van der Waals surface area contributed by atoms with Crippen molar-refractivity contribution in [2.75, 3.05) is 13.2 Å². The van der Waals surface area contributed by atoms with E-state index in [9.17, 15) is 4.79 Å². The number of nitrogens with one attached hydrogen (secondary N) is 1. The van der Waals surface area contributed by atoms with Crippen LogP contribution in [-0.4, -0.2) is 19.1 Å². The number of hydrogen-bond acceptors (Lipinski definition) is 3. The molecule has 22 heavy (non-hydrogen) atoms. The smallest absolute Gasteiger partial charge is 0.287 e. The maximum Gasteiger partial charge on any atom is 0.287 e. The second-order valence-corrected chi connectivity index (χ2v) is 4.97. The number of amides is 1. The summed E-state index contributed by atoms with van der Waals surface area (Å²) in [7, 11) is 0. The second kappa shape index (κ2) is 6.35. The SMILES string of the molecule is Cc1c(C(=O)NCCOc2ccccc2)oc2ccccc12. The van der Waals surface area contributed by atoms with Crippen LogP contribution >= 0.6 is 0 Å². The first-order chi connectivity index (χ1) is 10.8. The maximum absolute atomic E-state index is 12.2. The van der Waals surface area contributed by atoms with E-state index in [4.69, 9.17) is 9.15 Å². The van der Waals surface area contributed by atoms with Gasteiger partial charge in [-0.25, -0.2) is 0 Å².